The molecule has 1 aromatic heterocycles. The first kappa shape index (κ1) is 14.7. The molecule has 0 amide bonds. The lowest BCUT2D eigenvalue weighted by Gasteiger charge is -1.98. The fourth-order valence-corrected chi connectivity index (χ4v) is 2.06. The maximum absolute atomic E-state index is 13.2. The number of halogens is 2. The van der Waals surface area contributed by atoms with Gasteiger partial charge < -0.3 is 14.6 Å². The number of phenolic OH excluding ortho intramolecular Hbond substituents is 1. The Hall–Kier alpha value is -3.22. The van der Waals surface area contributed by atoms with Crippen LogP contribution in [0, 0.1) is 11.6 Å². The predicted molar refractivity (Wildman–Crippen MR) is 77.9 cm³/mol. The summed E-state index contributed by atoms with van der Waals surface area (Å²) < 4.78 is 31.9. The van der Waals surface area contributed by atoms with Crippen molar-refractivity contribution in [1.82, 2.24) is 4.98 Å². The zero-order chi connectivity index (χ0) is 16.6. The van der Waals surface area contributed by atoms with Crippen LogP contribution in [0.4, 0.5) is 8.78 Å². The molecule has 0 radical (unpaired) electrons. The summed E-state index contributed by atoms with van der Waals surface area (Å²) in [5.41, 5.74) is 0.612. The van der Waals surface area contributed by atoms with Crippen LogP contribution in [-0.2, 0) is 0 Å². The van der Waals surface area contributed by atoms with Crippen LogP contribution < -0.4 is 0 Å². The topological polar surface area (TPSA) is 83.6 Å². The number of hydrogen-bond acceptors (Lipinski definition) is 4. The second-order valence-electron chi connectivity index (χ2n) is 4.68. The minimum absolute atomic E-state index is 0.00683. The molecule has 116 valence electrons. The highest BCUT2D eigenvalue weighted by atomic mass is 19.1. The Morgan fingerprint density at radius 3 is 2.52 bits per heavy atom. The molecule has 2 N–H and O–H groups in total. The maximum Gasteiger partial charge on any atom is 0.338 e. The summed E-state index contributed by atoms with van der Waals surface area (Å²) in [5.74, 6) is -4.27. The molecule has 0 aliphatic heterocycles. The second-order valence-corrected chi connectivity index (χ2v) is 4.68. The lowest BCUT2D eigenvalue weighted by Crippen LogP contribution is -1.96. The lowest BCUT2D eigenvalue weighted by atomic mass is 10.2. The molecular formula is C16H9F2NO4. The minimum Gasteiger partial charge on any atom is -0.503 e. The van der Waals surface area contributed by atoms with Gasteiger partial charge in [-0.25, -0.2) is 18.6 Å². The molecule has 0 saturated heterocycles. The van der Waals surface area contributed by atoms with Gasteiger partial charge in [0.25, 0.3) is 0 Å². The van der Waals surface area contributed by atoms with E-state index in [4.69, 9.17) is 14.6 Å². The van der Waals surface area contributed by atoms with Gasteiger partial charge in [0.05, 0.1) is 5.56 Å². The molecule has 1 heterocycles. The van der Waals surface area contributed by atoms with E-state index in [0.717, 1.165) is 12.1 Å². The molecule has 0 atom stereocenters. The van der Waals surface area contributed by atoms with E-state index in [1.165, 1.54) is 24.3 Å². The van der Waals surface area contributed by atoms with E-state index in [-0.39, 0.29) is 28.1 Å². The number of fused-ring (bicyclic) bond motifs is 1. The molecule has 3 rings (SSSR count). The maximum atomic E-state index is 13.2. The van der Waals surface area contributed by atoms with Crippen LogP contribution in [0.15, 0.2) is 34.7 Å². The molecule has 0 bridgehead atoms. The van der Waals surface area contributed by atoms with Crippen LogP contribution in [0.5, 0.6) is 5.75 Å². The number of oxazole rings is 1. The fourth-order valence-electron chi connectivity index (χ4n) is 2.06. The zero-order valence-corrected chi connectivity index (χ0v) is 11.5. The van der Waals surface area contributed by atoms with Crippen LogP contribution in [0.3, 0.4) is 0 Å². The second kappa shape index (κ2) is 5.53. The Bertz CT molecular complexity index is 923. The molecule has 0 unspecified atom stereocenters. The Morgan fingerprint density at radius 2 is 1.87 bits per heavy atom. The standard InChI is InChI=1S/C16H9F2NO4/c17-10-6-8(7-11(18)15(10)20)4-5-13-19-14-9(16(21)22)2-1-3-12(14)23-13/h1-7,20H,(H,21,22)/b5-4+. The normalized spacial score (nSPS) is 11.4. The monoisotopic (exact) mass is 317 g/mol. The lowest BCUT2D eigenvalue weighted by molar-refractivity contribution is 0.0699. The molecular weight excluding hydrogens is 308 g/mol. The van der Waals surface area contributed by atoms with E-state index in [1.807, 2.05) is 0 Å². The van der Waals surface area contributed by atoms with Crippen molar-refractivity contribution in [2.24, 2.45) is 0 Å². The average Bonchev–Trinajstić information content (AvgIpc) is 2.93. The summed E-state index contributed by atoms with van der Waals surface area (Å²) in [7, 11) is 0. The highest BCUT2D eigenvalue weighted by Gasteiger charge is 2.13. The molecule has 0 aliphatic rings. The smallest absolute Gasteiger partial charge is 0.338 e. The van der Waals surface area contributed by atoms with Gasteiger partial charge in [0.1, 0.15) is 5.52 Å². The zero-order valence-electron chi connectivity index (χ0n) is 11.5. The van der Waals surface area contributed by atoms with Crippen LogP contribution in [0.1, 0.15) is 21.8 Å². The van der Waals surface area contributed by atoms with Crippen molar-refractivity contribution in [2.45, 2.75) is 0 Å². The van der Waals surface area contributed by atoms with Crippen molar-refractivity contribution in [3.05, 3.63) is 59.0 Å². The summed E-state index contributed by atoms with van der Waals surface area (Å²) in [5, 5.41) is 18.1. The Kier molecular flexibility index (Phi) is 3.53. The van der Waals surface area contributed by atoms with E-state index >= 15 is 0 Å². The van der Waals surface area contributed by atoms with Gasteiger partial charge in [-0.2, -0.15) is 0 Å². The van der Waals surface area contributed by atoms with E-state index in [2.05, 4.69) is 4.98 Å². The highest BCUT2D eigenvalue weighted by Crippen LogP contribution is 2.24. The first-order chi connectivity index (χ1) is 11.0. The van der Waals surface area contributed by atoms with Gasteiger partial charge in [0, 0.05) is 6.08 Å². The molecule has 7 heteroatoms. The summed E-state index contributed by atoms with van der Waals surface area (Å²) in [6.07, 6.45) is 2.67. The minimum atomic E-state index is -1.14. The van der Waals surface area contributed by atoms with Gasteiger partial charge in [-0.3, -0.25) is 0 Å². The molecule has 0 spiro atoms. The molecule has 0 fully saturated rings. The SMILES string of the molecule is O=C(O)c1cccc2oc(/C=C/c3cc(F)c(O)c(F)c3)nc12. The van der Waals surface area contributed by atoms with Gasteiger partial charge >= 0.3 is 5.97 Å². The third-order valence-electron chi connectivity index (χ3n) is 3.12. The molecule has 2 aromatic carbocycles. The van der Waals surface area contributed by atoms with Crippen LogP contribution in [0.25, 0.3) is 23.3 Å². The number of para-hydroxylation sites is 1. The first-order valence-electron chi connectivity index (χ1n) is 6.44. The number of carboxylic acids is 1. The van der Waals surface area contributed by atoms with Crippen molar-refractivity contribution in [3.8, 4) is 5.75 Å². The van der Waals surface area contributed by atoms with Crippen LogP contribution >= 0.6 is 0 Å². The number of nitrogens with zero attached hydrogens (tertiary/aromatic N) is 1. The average molecular weight is 317 g/mol. The Morgan fingerprint density at radius 1 is 1.17 bits per heavy atom. The number of benzene rings is 2. The number of phenols is 1. The quantitative estimate of drug-likeness (QED) is 0.770. The van der Waals surface area contributed by atoms with Gasteiger partial charge in [0.2, 0.25) is 5.89 Å². The summed E-state index contributed by atoms with van der Waals surface area (Å²) >= 11 is 0. The number of aromatic carboxylic acids is 1. The molecule has 5 nitrogen and oxygen atoms in total. The molecule has 0 aliphatic carbocycles. The van der Waals surface area contributed by atoms with Gasteiger partial charge in [-0.1, -0.05) is 6.07 Å². The van der Waals surface area contributed by atoms with Gasteiger partial charge in [-0.15, -0.1) is 0 Å². The van der Waals surface area contributed by atoms with Crippen molar-refractivity contribution in [3.63, 3.8) is 0 Å². The number of rotatable bonds is 3. The summed E-state index contributed by atoms with van der Waals surface area (Å²) in [4.78, 5) is 15.1. The van der Waals surface area contributed by atoms with Crippen LogP contribution in [-0.4, -0.2) is 21.2 Å². The largest absolute Gasteiger partial charge is 0.503 e. The Labute approximate surface area is 128 Å². The Balaban J connectivity index is 1.99. The van der Waals surface area contributed by atoms with Crippen molar-refractivity contribution in [1.29, 1.82) is 0 Å². The van der Waals surface area contributed by atoms with Gasteiger partial charge in [0.15, 0.2) is 23.0 Å². The van der Waals surface area contributed by atoms with Gasteiger partial charge in [-0.05, 0) is 35.9 Å². The first-order valence-corrected chi connectivity index (χ1v) is 6.44. The fraction of sp³-hybridized carbons (Fsp3) is 0. The van der Waals surface area contributed by atoms with Crippen molar-refractivity contribution >= 4 is 29.2 Å². The summed E-state index contributed by atoms with van der Waals surface area (Å²) in [6, 6.07) is 6.37. The predicted octanol–water partition coefficient (Wildman–Crippen LogP) is 3.68. The van der Waals surface area contributed by atoms with E-state index in [0.29, 0.717) is 0 Å². The number of aromatic nitrogens is 1. The third kappa shape index (κ3) is 2.76. The van der Waals surface area contributed by atoms with E-state index in [1.54, 1.807) is 6.07 Å². The number of aromatic hydroxyl groups is 1. The highest BCUT2D eigenvalue weighted by molar-refractivity contribution is 6.00. The number of carbonyl (C=O) groups is 1. The third-order valence-corrected chi connectivity index (χ3v) is 3.12. The van der Waals surface area contributed by atoms with E-state index in [9.17, 15) is 13.6 Å². The van der Waals surface area contributed by atoms with E-state index < -0.39 is 23.4 Å². The molecule has 0 saturated carbocycles. The van der Waals surface area contributed by atoms with Crippen molar-refractivity contribution in [2.75, 3.05) is 0 Å². The number of hydrogen-bond donors (Lipinski definition) is 2. The van der Waals surface area contributed by atoms with Crippen LogP contribution in [0.2, 0.25) is 0 Å². The molecule has 23 heavy (non-hydrogen) atoms. The number of carboxylic acid groups (broad SMARTS) is 1. The summed E-state index contributed by atoms with van der Waals surface area (Å²) in [6.45, 7) is 0. The molecule has 3 aromatic rings. The van der Waals surface area contributed by atoms with Crippen molar-refractivity contribution < 1.29 is 28.2 Å².